The average molecular weight is 374 g/mol. The van der Waals surface area contributed by atoms with Crippen molar-refractivity contribution < 1.29 is 0 Å². The Morgan fingerprint density at radius 2 is 2.00 bits per heavy atom. The van der Waals surface area contributed by atoms with E-state index in [4.69, 9.17) is 0 Å². The first-order valence-electron chi connectivity index (χ1n) is 5.66. The molecule has 0 aliphatic rings. The van der Waals surface area contributed by atoms with Crippen LogP contribution in [-0.4, -0.2) is 9.97 Å². The minimum atomic E-state index is -0.0659. The van der Waals surface area contributed by atoms with Gasteiger partial charge >= 0.3 is 0 Å². The van der Waals surface area contributed by atoms with Crippen molar-refractivity contribution in [3.63, 3.8) is 0 Å². The fourth-order valence-corrected chi connectivity index (χ4v) is 2.82. The predicted molar refractivity (Wildman–Crippen MR) is 84.3 cm³/mol. The van der Waals surface area contributed by atoms with Crippen molar-refractivity contribution in [2.45, 2.75) is 33.1 Å². The highest BCUT2D eigenvalue weighted by molar-refractivity contribution is 14.1. The van der Waals surface area contributed by atoms with E-state index in [1.54, 1.807) is 11.3 Å². The maximum Gasteiger partial charge on any atom is 0.264 e. The van der Waals surface area contributed by atoms with Gasteiger partial charge in [0.15, 0.2) is 5.82 Å². The standard InChI is InChI=1S/C13H15IN2OS/c1-7-10(14)12(17)16-11(15-7)8-5-6-9(18-8)13(2,3)4/h5-6H,1-4H3,(H,15,16,17). The van der Waals surface area contributed by atoms with Crippen LogP contribution in [0, 0.1) is 10.5 Å². The lowest BCUT2D eigenvalue weighted by molar-refractivity contribution is 0.604. The van der Waals surface area contributed by atoms with Gasteiger partial charge in [-0.05, 0) is 47.1 Å². The molecule has 2 rings (SSSR count). The van der Waals surface area contributed by atoms with E-state index >= 15 is 0 Å². The molecule has 0 fully saturated rings. The smallest absolute Gasteiger partial charge is 0.264 e. The van der Waals surface area contributed by atoms with Gasteiger partial charge in [0.2, 0.25) is 0 Å². The van der Waals surface area contributed by atoms with Gasteiger partial charge in [-0.1, -0.05) is 20.8 Å². The van der Waals surface area contributed by atoms with Crippen LogP contribution >= 0.6 is 33.9 Å². The van der Waals surface area contributed by atoms with Crippen LogP contribution in [0.1, 0.15) is 31.3 Å². The summed E-state index contributed by atoms with van der Waals surface area (Å²) < 4.78 is 0.656. The molecule has 18 heavy (non-hydrogen) atoms. The van der Waals surface area contributed by atoms with Crippen LogP contribution in [0.5, 0.6) is 0 Å². The Balaban J connectivity index is 2.50. The van der Waals surface area contributed by atoms with E-state index in [1.165, 1.54) is 4.88 Å². The molecule has 0 saturated heterocycles. The first-order chi connectivity index (χ1) is 8.29. The SMILES string of the molecule is Cc1nc(-c2ccc(C(C)(C)C)s2)[nH]c(=O)c1I. The fraction of sp³-hybridized carbons (Fsp3) is 0.385. The van der Waals surface area contributed by atoms with E-state index in [1.807, 2.05) is 35.6 Å². The molecule has 2 aromatic heterocycles. The van der Waals surface area contributed by atoms with Crippen LogP contribution in [0.25, 0.3) is 10.7 Å². The third kappa shape index (κ3) is 2.66. The number of hydrogen-bond acceptors (Lipinski definition) is 3. The molecule has 0 unspecified atom stereocenters. The Morgan fingerprint density at radius 3 is 2.50 bits per heavy atom. The quantitative estimate of drug-likeness (QED) is 0.774. The van der Waals surface area contributed by atoms with Crippen molar-refractivity contribution >= 4 is 33.9 Å². The van der Waals surface area contributed by atoms with Crippen molar-refractivity contribution in [3.8, 4) is 10.7 Å². The Labute approximate surface area is 124 Å². The van der Waals surface area contributed by atoms with Gasteiger partial charge in [0.1, 0.15) is 0 Å². The molecule has 0 aromatic carbocycles. The molecule has 0 radical (unpaired) electrons. The average Bonchev–Trinajstić information content (AvgIpc) is 2.73. The normalized spacial score (nSPS) is 11.8. The van der Waals surface area contributed by atoms with Gasteiger partial charge in [-0.15, -0.1) is 11.3 Å². The van der Waals surface area contributed by atoms with Crippen LogP contribution in [0.3, 0.4) is 0 Å². The zero-order valence-electron chi connectivity index (χ0n) is 10.8. The van der Waals surface area contributed by atoms with Gasteiger partial charge in [0.25, 0.3) is 5.56 Å². The van der Waals surface area contributed by atoms with E-state index in [2.05, 4.69) is 36.8 Å². The predicted octanol–water partition coefficient (Wildman–Crippen LogP) is 3.71. The first-order valence-corrected chi connectivity index (χ1v) is 7.55. The highest BCUT2D eigenvalue weighted by Gasteiger charge is 2.17. The molecule has 0 saturated carbocycles. The van der Waals surface area contributed by atoms with E-state index in [0.29, 0.717) is 9.39 Å². The topological polar surface area (TPSA) is 45.8 Å². The molecule has 1 N–H and O–H groups in total. The summed E-state index contributed by atoms with van der Waals surface area (Å²) in [6, 6.07) is 4.13. The highest BCUT2D eigenvalue weighted by atomic mass is 127. The Kier molecular flexibility index (Phi) is 3.64. The Bertz CT molecular complexity index is 637. The summed E-state index contributed by atoms with van der Waals surface area (Å²) in [5.74, 6) is 0.665. The third-order valence-corrected chi connectivity index (χ3v) is 5.40. The number of hydrogen-bond donors (Lipinski definition) is 1. The maximum atomic E-state index is 11.7. The number of thiophene rings is 1. The third-order valence-electron chi connectivity index (χ3n) is 2.61. The summed E-state index contributed by atoms with van der Waals surface area (Å²) >= 11 is 3.70. The zero-order chi connectivity index (χ0) is 13.5. The summed E-state index contributed by atoms with van der Waals surface area (Å²) in [6.07, 6.45) is 0. The van der Waals surface area contributed by atoms with Gasteiger partial charge in [-0.3, -0.25) is 4.79 Å². The monoisotopic (exact) mass is 374 g/mol. The van der Waals surface area contributed by atoms with Gasteiger partial charge in [0.05, 0.1) is 14.1 Å². The molecule has 0 aliphatic heterocycles. The van der Waals surface area contributed by atoms with E-state index in [0.717, 1.165) is 10.6 Å². The number of nitrogens with one attached hydrogen (secondary N) is 1. The van der Waals surface area contributed by atoms with Crippen LogP contribution < -0.4 is 5.56 Å². The number of rotatable bonds is 1. The van der Waals surface area contributed by atoms with Crippen molar-refractivity contribution in [3.05, 3.63) is 36.6 Å². The highest BCUT2D eigenvalue weighted by Crippen LogP contribution is 2.33. The first kappa shape index (κ1) is 13.7. The lowest BCUT2D eigenvalue weighted by Crippen LogP contribution is -2.14. The molecule has 2 heterocycles. The summed E-state index contributed by atoms with van der Waals surface area (Å²) in [6.45, 7) is 8.40. The van der Waals surface area contributed by atoms with Crippen molar-refractivity contribution in [2.24, 2.45) is 0 Å². The fourth-order valence-electron chi connectivity index (χ4n) is 1.56. The van der Waals surface area contributed by atoms with Gasteiger partial charge < -0.3 is 4.98 Å². The van der Waals surface area contributed by atoms with E-state index < -0.39 is 0 Å². The molecular weight excluding hydrogens is 359 g/mol. The van der Waals surface area contributed by atoms with E-state index in [-0.39, 0.29) is 11.0 Å². The second kappa shape index (κ2) is 4.77. The van der Waals surface area contributed by atoms with Gasteiger partial charge in [-0.25, -0.2) is 4.98 Å². The minimum absolute atomic E-state index is 0.0659. The number of aromatic nitrogens is 2. The number of halogens is 1. The molecule has 5 heteroatoms. The molecule has 0 atom stereocenters. The number of aromatic amines is 1. The van der Waals surface area contributed by atoms with Crippen molar-refractivity contribution in [1.29, 1.82) is 0 Å². The summed E-state index contributed by atoms with van der Waals surface area (Å²) in [5, 5.41) is 0. The number of nitrogens with zero attached hydrogens (tertiary/aromatic N) is 1. The van der Waals surface area contributed by atoms with Crippen LogP contribution in [0.15, 0.2) is 16.9 Å². The lowest BCUT2D eigenvalue weighted by atomic mass is 9.95. The van der Waals surface area contributed by atoms with Crippen molar-refractivity contribution in [2.75, 3.05) is 0 Å². The van der Waals surface area contributed by atoms with E-state index in [9.17, 15) is 4.79 Å². The number of H-pyrrole nitrogens is 1. The van der Waals surface area contributed by atoms with Gasteiger partial charge in [0, 0.05) is 4.88 Å². The lowest BCUT2D eigenvalue weighted by Gasteiger charge is -2.15. The molecule has 2 aromatic rings. The molecule has 0 amide bonds. The summed E-state index contributed by atoms with van der Waals surface area (Å²) in [7, 11) is 0. The van der Waals surface area contributed by atoms with Gasteiger partial charge in [-0.2, -0.15) is 0 Å². The van der Waals surface area contributed by atoms with Crippen LogP contribution in [-0.2, 0) is 5.41 Å². The second-order valence-electron chi connectivity index (χ2n) is 5.23. The second-order valence-corrected chi connectivity index (χ2v) is 7.39. The largest absolute Gasteiger partial charge is 0.305 e. The van der Waals surface area contributed by atoms with Crippen LogP contribution in [0.4, 0.5) is 0 Å². The summed E-state index contributed by atoms with van der Waals surface area (Å²) in [4.78, 5) is 21.3. The van der Waals surface area contributed by atoms with Crippen molar-refractivity contribution in [1.82, 2.24) is 9.97 Å². The molecule has 0 bridgehead atoms. The molecule has 0 spiro atoms. The molecule has 3 nitrogen and oxygen atoms in total. The number of aryl methyl sites for hydroxylation is 1. The molecular formula is C13H15IN2OS. The summed E-state index contributed by atoms with van der Waals surface area (Å²) in [5.41, 5.74) is 0.838. The zero-order valence-corrected chi connectivity index (χ0v) is 13.8. The maximum absolute atomic E-state index is 11.7. The minimum Gasteiger partial charge on any atom is -0.305 e. The molecule has 0 aliphatic carbocycles. The Morgan fingerprint density at radius 1 is 1.33 bits per heavy atom. The molecule has 96 valence electrons. The van der Waals surface area contributed by atoms with Crippen LogP contribution in [0.2, 0.25) is 0 Å². The Hall–Kier alpha value is -0.690.